The summed E-state index contributed by atoms with van der Waals surface area (Å²) in [7, 11) is 0. The average molecular weight is 465 g/mol. The van der Waals surface area contributed by atoms with Crippen molar-refractivity contribution in [3.63, 3.8) is 0 Å². The van der Waals surface area contributed by atoms with Crippen molar-refractivity contribution in [3.8, 4) is 5.75 Å². The van der Waals surface area contributed by atoms with Gasteiger partial charge in [0.1, 0.15) is 5.75 Å². The molecule has 0 atom stereocenters. The van der Waals surface area contributed by atoms with E-state index in [1.165, 1.54) is 62.8 Å². The van der Waals surface area contributed by atoms with Crippen molar-refractivity contribution in [2.24, 2.45) is 0 Å². The molecular formula is C25H30Cl2O4. The molecule has 0 N–H and O–H groups in total. The SMILES string of the molecule is CCCCCCCCCCCOC(=O)c1ccccc1C(=O)Oc1ccc(Cl)c(Cl)c1. The third-order valence-electron chi connectivity index (χ3n) is 4.95. The summed E-state index contributed by atoms with van der Waals surface area (Å²) in [6, 6.07) is 11.0. The first-order valence-electron chi connectivity index (χ1n) is 11.0. The minimum Gasteiger partial charge on any atom is -0.462 e. The number of unbranched alkanes of at least 4 members (excludes halogenated alkanes) is 8. The Labute approximate surface area is 194 Å². The normalized spacial score (nSPS) is 10.7. The number of esters is 2. The van der Waals surface area contributed by atoms with E-state index in [1.54, 1.807) is 18.2 Å². The van der Waals surface area contributed by atoms with Crippen LogP contribution in [0, 0.1) is 0 Å². The largest absolute Gasteiger partial charge is 0.462 e. The van der Waals surface area contributed by atoms with Crippen molar-refractivity contribution in [1.82, 2.24) is 0 Å². The third-order valence-corrected chi connectivity index (χ3v) is 5.69. The highest BCUT2D eigenvalue weighted by molar-refractivity contribution is 6.42. The lowest BCUT2D eigenvalue weighted by atomic mass is 10.1. The first-order valence-corrected chi connectivity index (χ1v) is 11.7. The molecule has 0 fully saturated rings. The van der Waals surface area contributed by atoms with E-state index in [2.05, 4.69) is 6.92 Å². The zero-order valence-electron chi connectivity index (χ0n) is 18.0. The van der Waals surface area contributed by atoms with Gasteiger partial charge in [-0.3, -0.25) is 0 Å². The van der Waals surface area contributed by atoms with Gasteiger partial charge in [-0.05, 0) is 30.7 Å². The summed E-state index contributed by atoms with van der Waals surface area (Å²) >= 11 is 11.8. The maximum atomic E-state index is 12.6. The van der Waals surface area contributed by atoms with Crippen LogP contribution in [0.3, 0.4) is 0 Å². The van der Waals surface area contributed by atoms with Crippen LogP contribution in [-0.4, -0.2) is 18.5 Å². The van der Waals surface area contributed by atoms with E-state index in [9.17, 15) is 9.59 Å². The van der Waals surface area contributed by atoms with E-state index in [4.69, 9.17) is 32.7 Å². The number of benzene rings is 2. The van der Waals surface area contributed by atoms with E-state index in [0.29, 0.717) is 11.6 Å². The van der Waals surface area contributed by atoms with Gasteiger partial charge >= 0.3 is 11.9 Å². The minimum absolute atomic E-state index is 0.144. The molecule has 31 heavy (non-hydrogen) atoms. The number of carbonyl (C=O) groups excluding carboxylic acids is 2. The molecule has 0 aliphatic rings. The number of carbonyl (C=O) groups is 2. The standard InChI is InChI=1S/C25H30Cl2O4/c1-2-3-4-5-6-7-8-9-12-17-30-24(28)20-13-10-11-14-21(20)25(29)31-19-15-16-22(26)23(27)18-19/h10-11,13-16,18H,2-9,12,17H2,1H3. The van der Waals surface area contributed by atoms with Crippen molar-refractivity contribution in [1.29, 1.82) is 0 Å². The molecule has 0 spiro atoms. The fourth-order valence-electron chi connectivity index (χ4n) is 3.20. The molecule has 6 heteroatoms. The van der Waals surface area contributed by atoms with Crippen LogP contribution in [0.2, 0.25) is 10.0 Å². The maximum absolute atomic E-state index is 12.6. The molecular weight excluding hydrogens is 435 g/mol. The van der Waals surface area contributed by atoms with Gasteiger partial charge in [0.15, 0.2) is 0 Å². The Kier molecular flexibility index (Phi) is 11.5. The van der Waals surface area contributed by atoms with E-state index in [-0.39, 0.29) is 21.9 Å². The number of hydrogen-bond acceptors (Lipinski definition) is 4. The van der Waals surface area contributed by atoms with Crippen LogP contribution in [0.25, 0.3) is 0 Å². The van der Waals surface area contributed by atoms with Gasteiger partial charge in [0, 0.05) is 6.07 Å². The Morgan fingerprint density at radius 3 is 1.94 bits per heavy atom. The van der Waals surface area contributed by atoms with Crippen LogP contribution in [0.4, 0.5) is 0 Å². The lowest BCUT2D eigenvalue weighted by molar-refractivity contribution is 0.0489. The van der Waals surface area contributed by atoms with Gasteiger partial charge in [0.25, 0.3) is 0 Å². The highest BCUT2D eigenvalue weighted by atomic mass is 35.5. The van der Waals surface area contributed by atoms with E-state index < -0.39 is 11.9 Å². The third kappa shape index (κ3) is 8.92. The van der Waals surface area contributed by atoms with E-state index in [0.717, 1.165) is 19.3 Å². The molecule has 0 saturated heterocycles. The van der Waals surface area contributed by atoms with Gasteiger partial charge in [-0.25, -0.2) is 9.59 Å². The number of hydrogen-bond donors (Lipinski definition) is 0. The second-order valence-corrected chi connectivity index (χ2v) is 8.29. The Morgan fingerprint density at radius 2 is 1.32 bits per heavy atom. The quantitative estimate of drug-likeness (QED) is 0.171. The summed E-state index contributed by atoms with van der Waals surface area (Å²) in [6.45, 7) is 2.56. The van der Waals surface area contributed by atoms with Crippen LogP contribution in [0.15, 0.2) is 42.5 Å². The molecule has 2 rings (SSSR count). The number of ether oxygens (including phenoxy) is 2. The summed E-state index contributed by atoms with van der Waals surface area (Å²) in [5.41, 5.74) is 0.328. The second kappa shape index (κ2) is 14.1. The molecule has 0 amide bonds. The highest BCUT2D eigenvalue weighted by Gasteiger charge is 2.19. The molecule has 0 aliphatic heterocycles. The van der Waals surface area contributed by atoms with Crippen molar-refractivity contribution in [3.05, 3.63) is 63.6 Å². The van der Waals surface area contributed by atoms with E-state index in [1.807, 2.05) is 0 Å². The summed E-state index contributed by atoms with van der Waals surface area (Å²) in [6.07, 6.45) is 10.7. The van der Waals surface area contributed by atoms with Crippen LogP contribution < -0.4 is 4.74 Å². The van der Waals surface area contributed by atoms with Gasteiger partial charge in [-0.2, -0.15) is 0 Å². The average Bonchev–Trinajstić information content (AvgIpc) is 2.77. The molecule has 4 nitrogen and oxygen atoms in total. The highest BCUT2D eigenvalue weighted by Crippen LogP contribution is 2.27. The molecule has 0 saturated carbocycles. The molecule has 2 aromatic rings. The number of rotatable bonds is 13. The van der Waals surface area contributed by atoms with Crippen LogP contribution in [0.5, 0.6) is 5.75 Å². The second-order valence-electron chi connectivity index (χ2n) is 7.48. The molecule has 0 unspecified atom stereocenters. The van der Waals surface area contributed by atoms with E-state index >= 15 is 0 Å². The maximum Gasteiger partial charge on any atom is 0.344 e. The summed E-state index contributed by atoms with van der Waals surface area (Å²) in [5.74, 6) is -0.937. The van der Waals surface area contributed by atoms with Crippen molar-refractivity contribution >= 4 is 35.1 Å². The zero-order valence-corrected chi connectivity index (χ0v) is 19.5. The van der Waals surface area contributed by atoms with Gasteiger partial charge < -0.3 is 9.47 Å². The number of halogens is 2. The van der Waals surface area contributed by atoms with Gasteiger partial charge in [0.2, 0.25) is 0 Å². The smallest absolute Gasteiger partial charge is 0.344 e. The monoisotopic (exact) mass is 464 g/mol. The molecule has 2 aromatic carbocycles. The Morgan fingerprint density at radius 1 is 0.742 bits per heavy atom. The summed E-state index contributed by atoms with van der Waals surface area (Å²) in [5, 5.41) is 0.641. The van der Waals surface area contributed by atoms with Gasteiger partial charge in [-0.15, -0.1) is 0 Å². The minimum atomic E-state index is -0.658. The fourth-order valence-corrected chi connectivity index (χ4v) is 3.48. The zero-order chi connectivity index (χ0) is 22.5. The Hall–Kier alpha value is -2.04. The molecule has 168 valence electrons. The Bertz CT molecular complexity index is 851. The van der Waals surface area contributed by atoms with Crippen LogP contribution in [0.1, 0.15) is 85.4 Å². The van der Waals surface area contributed by atoms with Crippen LogP contribution >= 0.6 is 23.2 Å². The van der Waals surface area contributed by atoms with Crippen molar-refractivity contribution in [2.45, 2.75) is 64.7 Å². The first-order chi connectivity index (χ1) is 15.0. The molecule has 0 aliphatic carbocycles. The fraction of sp³-hybridized carbons (Fsp3) is 0.440. The molecule has 0 heterocycles. The summed E-state index contributed by atoms with van der Waals surface area (Å²) < 4.78 is 10.7. The predicted octanol–water partition coefficient (Wildman–Crippen LogP) is 7.90. The van der Waals surface area contributed by atoms with Crippen molar-refractivity contribution in [2.75, 3.05) is 6.61 Å². The molecule has 0 aromatic heterocycles. The van der Waals surface area contributed by atoms with Gasteiger partial charge in [0.05, 0.1) is 27.8 Å². The van der Waals surface area contributed by atoms with Gasteiger partial charge in [-0.1, -0.05) is 93.6 Å². The topological polar surface area (TPSA) is 52.6 Å². The van der Waals surface area contributed by atoms with Crippen LogP contribution in [-0.2, 0) is 4.74 Å². The molecule has 0 radical (unpaired) electrons. The van der Waals surface area contributed by atoms with Crippen molar-refractivity contribution < 1.29 is 19.1 Å². The lowest BCUT2D eigenvalue weighted by Crippen LogP contribution is -2.16. The summed E-state index contributed by atoms with van der Waals surface area (Å²) in [4.78, 5) is 25.1. The lowest BCUT2D eigenvalue weighted by Gasteiger charge is -2.10. The first kappa shape index (κ1) is 25.2. The molecule has 0 bridgehead atoms. The predicted molar refractivity (Wildman–Crippen MR) is 125 cm³/mol. The Balaban J connectivity index is 1.79.